The van der Waals surface area contributed by atoms with E-state index in [1.165, 1.54) is 0 Å². The number of aliphatic carboxylic acids is 1. The molecule has 3 N–H and O–H groups in total. The number of carbonyl (C=O) groups excluding carboxylic acids is 1. The Morgan fingerprint density at radius 1 is 1.24 bits per heavy atom. The van der Waals surface area contributed by atoms with E-state index < -0.39 is 17.4 Å². The van der Waals surface area contributed by atoms with E-state index in [0.717, 1.165) is 32.1 Å². The number of amides is 1. The number of hydrogen-bond donors (Lipinski definition) is 2. The molecule has 2 rings (SSSR count). The van der Waals surface area contributed by atoms with Gasteiger partial charge in [0.25, 0.3) is 5.91 Å². The van der Waals surface area contributed by atoms with Crippen LogP contribution in [0.5, 0.6) is 0 Å². The number of anilines is 1. The lowest BCUT2D eigenvalue weighted by Gasteiger charge is -2.45. The van der Waals surface area contributed by atoms with Crippen LogP contribution in [-0.4, -0.2) is 29.6 Å². The first-order valence-electron chi connectivity index (χ1n) is 7.31. The van der Waals surface area contributed by atoms with Crippen molar-refractivity contribution in [1.29, 1.82) is 0 Å². The van der Waals surface area contributed by atoms with Gasteiger partial charge < -0.3 is 15.7 Å². The Morgan fingerprint density at radius 3 is 2.43 bits per heavy atom. The molecule has 1 saturated carbocycles. The lowest BCUT2D eigenvalue weighted by Crippen LogP contribution is -2.50. The molecule has 0 heterocycles. The van der Waals surface area contributed by atoms with E-state index in [-0.39, 0.29) is 6.42 Å². The summed E-state index contributed by atoms with van der Waals surface area (Å²) in [6.07, 6.45) is 4.88. The second kappa shape index (κ2) is 6.16. The Hall–Kier alpha value is -2.04. The normalized spacial score (nSPS) is 17.2. The highest BCUT2D eigenvalue weighted by Gasteiger charge is 2.39. The van der Waals surface area contributed by atoms with Gasteiger partial charge in [0, 0.05) is 12.7 Å². The zero-order chi connectivity index (χ0) is 15.5. The Balaban J connectivity index is 2.40. The Morgan fingerprint density at radius 2 is 1.86 bits per heavy atom. The van der Waals surface area contributed by atoms with E-state index in [2.05, 4.69) is 0 Å². The molecule has 1 aromatic rings. The molecule has 5 heteroatoms. The smallest absolute Gasteiger partial charge is 0.305 e. The summed E-state index contributed by atoms with van der Waals surface area (Å²) < 4.78 is 0. The van der Waals surface area contributed by atoms with E-state index in [1.807, 2.05) is 24.1 Å². The summed E-state index contributed by atoms with van der Waals surface area (Å²) >= 11 is 0. The van der Waals surface area contributed by atoms with Crippen molar-refractivity contribution >= 4 is 17.6 Å². The van der Waals surface area contributed by atoms with Crippen molar-refractivity contribution in [2.45, 2.75) is 44.1 Å². The maximum absolute atomic E-state index is 11.6. The number of carboxylic acids is 1. The number of primary amides is 1. The molecule has 1 aliphatic carbocycles. The maximum Gasteiger partial charge on any atom is 0.305 e. The summed E-state index contributed by atoms with van der Waals surface area (Å²) in [6, 6.07) is 7.13. The Labute approximate surface area is 124 Å². The van der Waals surface area contributed by atoms with Crippen molar-refractivity contribution in [3.63, 3.8) is 0 Å². The zero-order valence-electron chi connectivity index (χ0n) is 12.3. The SMILES string of the molecule is CN(c1ccccc1C(N)=O)C1(CC(=O)O)CCCCC1. The van der Waals surface area contributed by atoms with Crippen molar-refractivity contribution in [2.24, 2.45) is 5.73 Å². The first-order chi connectivity index (χ1) is 9.96. The highest BCUT2D eigenvalue weighted by atomic mass is 16.4. The number of carbonyl (C=O) groups is 2. The van der Waals surface area contributed by atoms with Crippen molar-refractivity contribution in [3.05, 3.63) is 29.8 Å². The zero-order valence-corrected chi connectivity index (χ0v) is 12.3. The fourth-order valence-corrected chi connectivity index (χ4v) is 3.35. The van der Waals surface area contributed by atoms with Crippen LogP contribution in [0.25, 0.3) is 0 Å². The molecular formula is C16H22N2O3. The first-order valence-corrected chi connectivity index (χ1v) is 7.31. The molecule has 5 nitrogen and oxygen atoms in total. The second-order valence-electron chi connectivity index (χ2n) is 5.80. The van der Waals surface area contributed by atoms with Gasteiger partial charge in [-0.1, -0.05) is 31.4 Å². The van der Waals surface area contributed by atoms with E-state index >= 15 is 0 Å². The number of hydrogen-bond acceptors (Lipinski definition) is 3. The van der Waals surface area contributed by atoms with Crippen LogP contribution < -0.4 is 10.6 Å². The van der Waals surface area contributed by atoms with E-state index in [1.54, 1.807) is 12.1 Å². The monoisotopic (exact) mass is 290 g/mol. The summed E-state index contributed by atoms with van der Waals surface area (Å²) in [5.41, 5.74) is 6.17. The highest BCUT2D eigenvalue weighted by molar-refractivity contribution is 5.98. The fraction of sp³-hybridized carbons (Fsp3) is 0.500. The standard InChI is InChI=1S/C16H22N2O3/c1-18(13-8-4-3-7-12(13)15(17)21)16(11-14(19)20)9-5-2-6-10-16/h3-4,7-8H,2,5-6,9-11H2,1H3,(H2,17,21)(H,19,20). The number of carboxylic acid groups (broad SMARTS) is 1. The van der Waals surface area contributed by atoms with Crippen LogP contribution in [0.1, 0.15) is 48.9 Å². The summed E-state index contributed by atoms with van der Waals surface area (Å²) in [7, 11) is 1.87. The maximum atomic E-state index is 11.6. The largest absolute Gasteiger partial charge is 0.481 e. The minimum Gasteiger partial charge on any atom is -0.481 e. The summed E-state index contributed by atoms with van der Waals surface area (Å²) in [6.45, 7) is 0. The number of rotatable bonds is 5. The van der Waals surface area contributed by atoms with Gasteiger partial charge >= 0.3 is 5.97 Å². The quantitative estimate of drug-likeness (QED) is 0.872. The number of para-hydroxylation sites is 1. The van der Waals surface area contributed by atoms with Crippen molar-refractivity contribution in [3.8, 4) is 0 Å². The van der Waals surface area contributed by atoms with Crippen LogP contribution in [0.3, 0.4) is 0 Å². The summed E-state index contributed by atoms with van der Waals surface area (Å²) in [4.78, 5) is 24.9. The topological polar surface area (TPSA) is 83.6 Å². The average Bonchev–Trinajstić information content (AvgIpc) is 2.46. The van der Waals surface area contributed by atoms with Gasteiger partial charge in [-0.15, -0.1) is 0 Å². The van der Waals surface area contributed by atoms with Crippen molar-refractivity contribution < 1.29 is 14.7 Å². The van der Waals surface area contributed by atoms with Gasteiger partial charge in [0.1, 0.15) is 0 Å². The van der Waals surface area contributed by atoms with Crippen molar-refractivity contribution in [2.75, 3.05) is 11.9 Å². The fourth-order valence-electron chi connectivity index (χ4n) is 3.35. The molecular weight excluding hydrogens is 268 g/mol. The number of nitrogens with zero attached hydrogens (tertiary/aromatic N) is 1. The Bertz CT molecular complexity index is 536. The summed E-state index contributed by atoms with van der Waals surface area (Å²) in [5.74, 6) is -1.29. The van der Waals surface area contributed by atoms with Gasteiger partial charge in [-0.3, -0.25) is 9.59 Å². The number of benzene rings is 1. The predicted molar refractivity (Wildman–Crippen MR) is 81.4 cm³/mol. The molecule has 1 aromatic carbocycles. The third kappa shape index (κ3) is 3.17. The molecule has 0 aromatic heterocycles. The first kappa shape index (κ1) is 15.4. The van der Waals surface area contributed by atoms with E-state index in [4.69, 9.17) is 5.73 Å². The van der Waals surface area contributed by atoms with Crippen LogP contribution >= 0.6 is 0 Å². The van der Waals surface area contributed by atoms with Crippen LogP contribution in [0.2, 0.25) is 0 Å². The molecule has 1 fully saturated rings. The van der Waals surface area contributed by atoms with Crippen LogP contribution in [0, 0.1) is 0 Å². The van der Waals surface area contributed by atoms with Crippen LogP contribution in [0.4, 0.5) is 5.69 Å². The molecule has 0 aliphatic heterocycles. The van der Waals surface area contributed by atoms with Gasteiger partial charge in [-0.05, 0) is 25.0 Å². The van der Waals surface area contributed by atoms with Gasteiger partial charge in [-0.25, -0.2) is 0 Å². The molecule has 0 atom stereocenters. The molecule has 1 aliphatic rings. The third-order valence-corrected chi connectivity index (χ3v) is 4.51. The van der Waals surface area contributed by atoms with Gasteiger partial charge in [-0.2, -0.15) is 0 Å². The minimum absolute atomic E-state index is 0.0800. The van der Waals surface area contributed by atoms with Crippen molar-refractivity contribution in [1.82, 2.24) is 0 Å². The van der Waals surface area contributed by atoms with E-state index in [9.17, 15) is 14.7 Å². The van der Waals surface area contributed by atoms with E-state index in [0.29, 0.717) is 11.3 Å². The third-order valence-electron chi connectivity index (χ3n) is 4.51. The number of nitrogens with two attached hydrogens (primary N) is 1. The Kier molecular flexibility index (Phi) is 4.50. The van der Waals surface area contributed by atoms with Gasteiger partial charge in [0.15, 0.2) is 0 Å². The lowest BCUT2D eigenvalue weighted by molar-refractivity contribution is -0.138. The van der Waals surface area contributed by atoms with Gasteiger partial charge in [0.2, 0.25) is 0 Å². The molecule has 1 amide bonds. The molecule has 0 saturated heterocycles. The molecule has 114 valence electrons. The van der Waals surface area contributed by atoms with Crippen LogP contribution in [0.15, 0.2) is 24.3 Å². The molecule has 0 radical (unpaired) electrons. The molecule has 0 unspecified atom stereocenters. The summed E-state index contributed by atoms with van der Waals surface area (Å²) in [5, 5.41) is 9.29. The van der Waals surface area contributed by atoms with Gasteiger partial charge in [0.05, 0.1) is 17.5 Å². The second-order valence-corrected chi connectivity index (χ2v) is 5.80. The average molecular weight is 290 g/mol. The molecule has 0 bridgehead atoms. The minimum atomic E-state index is -0.805. The molecule has 0 spiro atoms. The highest BCUT2D eigenvalue weighted by Crippen LogP contribution is 2.39. The lowest BCUT2D eigenvalue weighted by atomic mass is 9.77. The predicted octanol–water partition coefficient (Wildman–Crippen LogP) is 2.40. The molecule has 21 heavy (non-hydrogen) atoms. The van der Waals surface area contributed by atoms with Crippen LogP contribution in [-0.2, 0) is 4.79 Å².